The van der Waals surface area contributed by atoms with Crippen LogP contribution in [0.15, 0.2) is 12.1 Å². The first kappa shape index (κ1) is 25.1. The largest absolute Gasteiger partial charge is 0.459 e. The minimum atomic E-state index is -4.77. The van der Waals surface area contributed by atoms with Gasteiger partial charge in [-0.2, -0.15) is 13.2 Å². The molecule has 0 N–H and O–H groups in total. The van der Waals surface area contributed by atoms with E-state index in [0.717, 1.165) is 31.7 Å². The maximum Gasteiger partial charge on any atom is 0.433 e. The second-order valence-electron chi connectivity index (χ2n) is 8.82. The number of Topliss-reactive ketones (excluding diaryl/α,β-unsaturated/α-hetero) is 3. The molecule has 1 aromatic rings. The summed E-state index contributed by atoms with van der Waals surface area (Å²) >= 11 is 0. The molecule has 2 bridgehead atoms. The van der Waals surface area contributed by atoms with Crippen molar-refractivity contribution in [1.29, 1.82) is 0 Å². The number of esters is 1. The first-order valence-corrected chi connectivity index (χ1v) is 11.5. The minimum Gasteiger partial charge on any atom is -0.459 e. The van der Waals surface area contributed by atoms with E-state index < -0.39 is 53.4 Å². The molecule has 2 atom stereocenters. The molecular weight excluding hydrogens is 439 g/mol. The highest BCUT2D eigenvalue weighted by Crippen LogP contribution is 2.41. The van der Waals surface area contributed by atoms with Crippen molar-refractivity contribution in [3.05, 3.63) is 29.1 Å². The molecule has 9 heteroatoms. The van der Waals surface area contributed by atoms with E-state index in [-0.39, 0.29) is 23.8 Å². The van der Waals surface area contributed by atoms with Crippen LogP contribution in [-0.4, -0.2) is 28.3 Å². The number of hydrogen-bond acceptors (Lipinski definition) is 6. The molecule has 1 aromatic heterocycles. The van der Waals surface area contributed by atoms with E-state index in [1.807, 2.05) is 0 Å². The van der Waals surface area contributed by atoms with Gasteiger partial charge < -0.3 is 4.74 Å². The number of ether oxygens (including phenoxy) is 1. The fraction of sp³-hybridized carbons (Fsp3) is 0.625. The zero-order chi connectivity index (χ0) is 24.2. The van der Waals surface area contributed by atoms with Crippen molar-refractivity contribution >= 4 is 23.3 Å². The minimum absolute atomic E-state index is 0.106. The van der Waals surface area contributed by atoms with Crippen LogP contribution in [0, 0.1) is 17.8 Å². The van der Waals surface area contributed by atoms with Crippen LogP contribution in [0.4, 0.5) is 13.2 Å². The summed E-state index contributed by atoms with van der Waals surface area (Å²) in [4.78, 5) is 54.0. The Balaban J connectivity index is 1.77. The average Bonchev–Trinajstić information content (AvgIpc) is 3.23. The topological polar surface area (TPSA) is 90.4 Å². The lowest BCUT2D eigenvalue weighted by molar-refractivity contribution is -0.145. The standard InChI is InChI=1S/C24H28F3NO5/c1-2-3-4-5-6-7-19(29)33-13-17-16(10-11-18(28-17)24(25,26)27)23(32)20-21(30)14-8-9-15(12-14)22(20)31/h10-11,14-15,20H,2-9,12-13H2,1H3. The summed E-state index contributed by atoms with van der Waals surface area (Å²) in [6, 6.07) is 1.56. The van der Waals surface area contributed by atoms with E-state index in [2.05, 4.69) is 11.9 Å². The number of alkyl halides is 3. The molecule has 0 aliphatic heterocycles. The first-order chi connectivity index (χ1) is 15.6. The monoisotopic (exact) mass is 467 g/mol. The second kappa shape index (κ2) is 10.6. The molecule has 2 aliphatic rings. The molecule has 3 rings (SSSR count). The van der Waals surface area contributed by atoms with E-state index in [4.69, 9.17) is 4.74 Å². The Bertz CT molecular complexity index is 905. The molecule has 180 valence electrons. The number of aromatic nitrogens is 1. The predicted molar refractivity (Wildman–Crippen MR) is 111 cm³/mol. The molecule has 2 aliphatic carbocycles. The van der Waals surface area contributed by atoms with Gasteiger partial charge >= 0.3 is 12.1 Å². The SMILES string of the molecule is CCCCCCCC(=O)OCc1nc(C(F)(F)F)ccc1C(=O)C1C(=O)C2CCC(C2)C1=O. The number of ketones is 3. The van der Waals surface area contributed by atoms with Gasteiger partial charge in [0.05, 0.1) is 5.69 Å². The Morgan fingerprint density at radius 2 is 1.67 bits per heavy atom. The van der Waals surface area contributed by atoms with Gasteiger partial charge in [0.15, 0.2) is 17.3 Å². The van der Waals surface area contributed by atoms with Crippen LogP contribution in [0.1, 0.15) is 86.5 Å². The molecule has 33 heavy (non-hydrogen) atoms. The van der Waals surface area contributed by atoms with E-state index in [0.29, 0.717) is 31.7 Å². The third-order valence-corrected chi connectivity index (χ3v) is 6.45. The highest BCUT2D eigenvalue weighted by Gasteiger charge is 2.50. The maximum atomic E-state index is 13.2. The first-order valence-electron chi connectivity index (χ1n) is 11.5. The lowest BCUT2D eigenvalue weighted by Crippen LogP contribution is -2.42. The van der Waals surface area contributed by atoms with Crippen molar-refractivity contribution in [2.24, 2.45) is 17.8 Å². The van der Waals surface area contributed by atoms with Gasteiger partial charge in [0.25, 0.3) is 0 Å². The number of fused-ring (bicyclic) bond motifs is 2. The van der Waals surface area contributed by atoms with Gasteiger partial charge in [-0.05, 0) is 37.8 Å². The van der Waals surface area contributed by atoms with E-state index >= 15 is 0 Å². The molecule has 0 amide bonds. The molecule has 0 aromatic carbocycles. The normalized spacial score (nSPS) is 22.5. The maximum absolute atomic E-state index is 13.2. The third kappa shape index (κ3) is 5.86. The van der Waals surface area contributed by atoms with Gasteiger partial charge in [0.1, 0.15) is 18.2 Å². The zero-order valence-electron chi connectivity index (χ0n) is 18.6. The second-order valence-corrected chi connectivity index (χ2v) is 8.82. The van der Waals surface area contributed by atoms with Crippen molar-refractivity contribution in [2.45, 2.75) is 77.5 Å². The molecule has 0 radical (unpaired) electrons. The third-order valence-electron chi connectivity index (χ3n) is 6.45. The van der Waals surface area contributed by atoms with Crippen molar-refractivity contribution in [1.82, 2.24) is 4.98 Å². The van der Waals surface area contributed by atoms with Crippen molar-refractivity contribution < 1.29 is 37.1 Å². The molecule has 2 saturated carbocycles. The number of carbonyl (C=O) groups is 4. The van der Waals surface area contributed by atoms with Crippen LogP contribution in [0.5, 0.6) is 0 Å². The van der Waals surface area contributed by atoms with Crippen LogP contribution in [0.2, 0.25) is 0 Å². The number of nitrogens with zero attached hydrogens (tertiary/aromatic N) is 1. The van der Waals surface area contributed by atoms with Crippen LogP contribution in [0.25, 0.3) is 0 Å². The summed E-state index contributed by atoms with van der Waals surface area (Å²) in [6.07, 6.45) is 1.34. The van der Waals surface area contributed by atoms with E-state index in [1.165, 1.54) is 0 Å². The quantitative estimate of drug-likeness (QED) is 0.211. The number of carbonyl (C=O) groups excluding carboxylic acids is 4. The van der Waals surface area contributed by atoms with Crippen LogP contribution >= 0.6 is 0 Å². The Morgan fingerprint density at radius 1 is 1.03 bits per heavy atom. The Hall–Kier alpha value is -2.58. The summed E-state index contributed by atoms with van der Waals surface area (Å²) < 4.78 is 44.7. The number of unbranched alkanes of at least 4 members (excludes halogenated alkanes) is 4. The number of pyridine rings is 1. The van der Waals surface area contributed by atoms with Gasteiger partial charge in [-0.1, -0.05) is 32.6 Å². The Morgan fingerprint density at radius 3 is 2.27 bits per heavy atom. The van der Waals surface area contributed by atoms with Gasteiger partial charge in [0.2, 0.25) is 0 Å². The molecule has 0 spiro atoms. The molecule has 1 heterocycles. The highest BCUT2D eigenvalue weighted by atomic mass is 19.4. The summed E-state index contributed by atoms with van der Waals surface area (Å²) in [5, 5.41) is 0. The lowest BCUT2D eigenvalue weighted by Gasteiger charge is -2.25. The predicted octanol–water partition coefficient (Wildman–Crippen LogP) is 4.87. The van der Waals surface area contributed by atoms with Crippen molar-refractivity contribution in [3.8, 4) is 0 Å². The fourth-order valence-electron chi connectivity index (χ4n) is 4.61. The molecular formula is C24H28F3NO5. The van der Waals surface area contributed by atoms with Gasteiger partial charge in [-0.3, -0.25) is 19.2 Å². The van der Waals surface area contributed by atoms with Crippen LogP contribution in [-0.2, 0) is 31.9 Å². The summed E-state index contributed by atoms with van der Waals surface area (Å²) in [5.41, 5.74) is -1.93. The highest BCUT2D eigenvalue weighted by molar-refractivity contribution is 6.26. The van der Waals surface area contributed by atoms with Crippen molar-refractivity contribution in [3.63, 3.8) is 0 Å². The van der Waals surface area contributed by atoms with Crippen LogP contribution in [0.3, 0.4) is 0 Å². The summed E-state index contributed by atoms with van der Waals surface area (Å²) in [5.74, 6) is -4.71. The van der Waals surface area contributed by atoms with Gasteiger partial charge in [-0.25, -0.2) is 4.98 Å². The zero-order valence-corrected chi connectivity index (χ0v) is 18.6. The number of rotatable bonds is 10. The number of halogens is 3. The molecule has 0 saturated heterocycles. The van der Waals surface area contributed by atoms with Crippen LogP contribution < -0.4 is 0 Å². The summed E-state index contributed by atoms with van der Waals surface area (Å²) in [7, 11) is 0. The lowest BCUT2D eigenvalue weighted by atomic mass is 9.75. The number of hydrogen-bond donors (Lipinski definition) is 0. The average molecular weight is 467 g/mol. The Labute approximate surface area is 190 Å². The Kier molecular flexibility index (Phi) is 8.02. The molecule has 2 fully saturated rings. The fourth-order valence-corrected chi connectivity index (χ4v) is 4.61. The molecule has 6 nitrogen and oxygen atoms in total. The van der Waals surface area contributed by atoms with Gasteiger partial charge in [0, 0.05) is 23.8 Å². The van der Waals surface area contributed by atoms with E-state index in [1.54, 1.807) is 0 Å². The van der Waals surface area contributed by atoms with Gasteiger partial charge in [-0.15, -0.1) is 0 Å². The smallest absolute Gasteiger partial charge is 0.433 e. The van der Waals surface area contributed by atoms with E-state index in [9.17, 15) is 32.3 Å². The molecule has 2 unspecified atom stereocenters. The van der Waals surface area contributed by atoms with Crippen molar-refractivity contribution in [2.75, 3.05) is 0 Å². The summed E-state index contributed by atoms with van der Waals surface area (Å²) in [6.45, 7) is 1.43.